The van der Waals surface area contributed by atoms with Crippen LogP contribution in [0.4, 0.5) is 10.6 Å². The number of carbonyl (C=O) groups is 1. The van der Waals surface area contributed by atoms with Gasteiger partial charge in [0.25, 0.3) is 0 Å². The molecule has 8 heteroatoms. The number of hydrogen-bond acceptors (Lipinski definition) is 7. The van der Waals surface area contributed by atoms with Gasteiger partial charge in [-0.1, -0.05) is 29.8 Å². The normalized spacial score (nSPS) is 16.4. The maximum atomic E-state index is 12.5. The number of amides is 1. The first-order valence-corrected chi connectivity index (χ1v) is 12.8. The number of nitrogens with zero attached hydrogens (tertiary/aromatic N) is 3. The lowest BCUT2D eigenvalue weighted by molar-refractivity contribution is -0.0366. The average Bonchev–Trinajstić information content (AvgIpc) is 2.82. The Morgan fingerprint density at radius 3 is 2.46 bits per heavy atom. The second-order valence-electron chi connectivity index (χ2n) is 11.0. The van der Waals surface area contributed by atoms with Crippen molar-refractivity contribution in [3.8, 4) is 5.75 Å². The minimum atomic E-state index is -1.16. The Labute approximate surface area is 219 Å². The first-order chi connectivity index (χ1) is 17.4. The third-order valence-corrected chi connectivity index (χ3v) is 6.77. The first kappa shape index (κ1) is 26.7. The van der Waals surface area contributed by atoms with Crippen LogP contribution < -0.4 is 10.1 Å². The van der Waals surface area contributed by atoms with Crippen LogP contribution in [-0.2, 0) is 10.3 Å². The highest BCUT2D eigenvalue weighted by Crippen LogP contribution is 2.41. The van der Waals surface area contributed by atoms with Gasteiger partial charge in [0.05, 0.1) is 18.2 Å². The molecule has 1 aromatic heterocycles. The van der Waals surface area contributed by atoms with Gasteiger partial charge < -0.3 is 24.8 Å². The number of hydrogen-bond donors (Lipinski definition) is 2. The molecule has 1 atom stereocenters. The van der Waals surface area contributed by atoms with Crippen LogP contribution in [0.5, 0.6) is 5.75 Å². The lowest BCUT2D eigenvalue weighted by Crippen LogP contribution is -2.46. The molecule has 1 amide bonds. The largest absolute Gasteiger partial charge is 0.496 e. The Hall–Kier alpha value is -3.39. The fraction of sp³-hybridized carbons (Fsp3) is 0.483. The molecule has 1 fully saturated rings. The van der Waals surface area contributed by atoms with E-state index < -0.39 is 11.2 Å². The summed E-state index contributed by atoms with van der Waals surface area (Å²) >= 11 is 0. The van der Waals surface area contributed by atoms with Crippen molar-refractivity contribution < 1.29 is 19.4 Å². The highest BCUT2D eigenvalue weighted by molar-refractivity contribution is 5.91. The van der Waals surface area contributed by atoms with Crippen molar-refractivity contribution >= 4 is 22.8 Å². The smallest absolute Gasteiger partial charge is 0.410 e. The zero-order valence-electron chi connectivity index (χ0n) is 22.9. The van der Waals surface area contributed by atoms with E-state index in [-0.39, 0.29) is 12.1 Å². The second kappa shape index (κ2) is 10.2. The summed E-state index contributed by atoms with van der Waals surface area (Å²) in [4.78, 5) is 23.5. The Morgan fingerprint density at radius 1 is 1.14 bits per heavy atom. The molecule has 3 aromatic rings. The van der Waals surface area contributed by atoms with Gasteiger partial charge in [-0.3, -0.25) is 0 Å². The number of aliphatic hydroxyl groups is 1. The molecule has 2 heterocycles. The molecule has 2 N–H and O–H groups in total. The SMILES string of the molecule is COc1cc2nc(C)nc(N[C@H](C)c3cccc(C)c3)c2cc1C1(O)CCN(C(=O)OC(C)(C)C)CC1. The Kier molecular flexibility index (Phi) is 7.33. The molecule has 1 aliphatic rings. The number of aromatic nitrogens is 2. The molecule has 0 bridgehead atoms. The van der Waals surface area contributed by atoms with Gasteiger partial charge in [0, 0.05) is 36.1 Å². The van der Waals surface area contributed by atoms with Crippen LogP contribution in [0, 0.1) is 13.8 Å². The van der Waals surface area contributed by atoms with Gasteiger partial charge in [0.1, 0.15) is 23.0 Å². The molecule has 0 saturated carbocycles. The van der Waals surface area contributed by atoms with E-state index in [1.807, 2.05) is 45.9 Å². The first-order valence-electron chi connectivity index (χ1n) is 12.8. The highest BCUT2D eigenvalue weighted by Gasteiger charge is 2.39. The minimum absolute atomic E-state index is 0.0168. The zero-order valence-corrected chi connectivity index (χ0v) is 22.9. The van der Waals surface area contributed by atoms with Gasteiger partial charge in [0.15, 0.2) is 0 Å². The Balaban J connectivity index is 1.66. The molecular formula is C29H38N4O4. The Morgan fingerprint density at radius 2 is 1.84 bits per heavy atom. The van der Waals surface area contributed by atoms with Crippen LogP contribution >= 0.6 is 0 Å². The van der Waals surface area contributed by atoms with E-state index >= 15 is 0 Å². The maximum absolute atomic E-state index is 12.5. The second-order valence-corrected chi connectivity index (χ2v) is 11.0. The number of piperidine rings is 1. The quantitative estimate of drug-likeness (QED) is 0.462. The number of methoxy groups -OCH3 is 1. The lowest BCUT2D eigenvalue weighted by Gasteiger charge is -2.39. The van der Waals surface area contributed by atoms with Gasteiger partial charge in [0.2, 0.25) is 0 Å². The van der Waals surface area contributed by atoms with Crippen molar-refractivity contribution in [2.24, 2.45) is 0 Å². The van der Waals surface area contributed by atoms with Crippen molar-refractivity contribution in [2.45, 2.75) is 71.6 Å². The summed E-state index contributed by atoms with van der Waals surface area (Å²) < 4.78 is 11.2. The molecule has 1 saturated heterocycles. The van der Waals surface area contributed by atoms with E-state index in [9.17, 15) is 9.90 Å². The molecule has 4 rings (SSSR count). The summed E-state index contributed by atoms with van der Waals surface area (Å²) in [5.41, 5.74) is 2.03. The third kappa shape index (κ3) is 5.96. The van der Waals surface area contributed by atoms with Crippen molar-refractivity contribution in [1.29, 1.82) is 0 Å². The molecule has 198 valence electrons. The van der Waals surface area contributed by atoms with Crippen molar-refractivity contribution in [1.82, 2.24) is 14.9 Å². The zero-order chi connectivity index (χ0) is 27.0. The van der Waals surface area contributed by atoms with Gasteiger partial charge in [-0.15, -0.1) is 0 Å². The number of fused-ring (bicyclic) bond motifs is 1. The van der Waals surface area contributed by atoms with E-state index in [0.717, 1.165) is 16.5 Å². The number of aryl methyl sites for hydroxylation is 2. The van der Waals surface area contributed by atoms with Crippen LogP contribution in [-0.4, -0.2) is 51.9 Å². The predicted molar refractivity (Wildman–Crippen MR) is 145 cm³/mol. The molecule has 0 radical (unpaired) electrons. The van der Waals surface area contributed by atoms with Crippen molar-refractivity contribution in [3.05, 3.63) is 58.9 Å². The van der Waals surface area contributed by atoms with Crippen molar-refractivity contribution in [2.75, 3.05) is 25.5 Å². The van der Waals surface area contributed by atoms with Crippen LogP contribution in [0.2, 0.25) is 0 Å². The molecule has 8 nitrogen and oxygen atoms in total. The molecule has 2 aromatic carbocycles. The van der Waals surface area contributed by atoms with E-state index in [1.54, 1.807) is 12.0 Å². The highest BCUT2D eigenvalue weighted by atomic mass is 16.6. The van der Waals surface area contributed by atoms with E-state index in [2.05, 4.69) is 42.3 Å². The number of ether oxygens (including phenoxy) is 2. The van der Waals surface area contributed by atoms with E-state index in [4.69, 9.17) is 14.5 Å². The summed E-state index contributed by atoms with van der Waals surface area (Å²) in [5.74, 6) is 1.91. The summed E-state index contributed by atoms with van der Waals surface area (Å²) in [5, 5.41) is 16.1. The molecule has 1 aliphatic heterocycles. The predicted octanol–water partition coefficient (Wildman–Crippen LogP) is 5.65. The monoisotopic (exact) mass is 506 g/mol. The van der Waals surface area contributed by atoms with Gasteiger partial charge in [-0.25, -0.2) is 14.8 Å². The maximum Gasteiger partial charge on any atom is 0.410 e. The third-order valence-electron chi connectivity index (χ3n) is 6.77. The molecule has 37 heavy (non-hydrogen) atoms. The fourth-order valence-electron chi connectivity index (χ4n) is 4.80. The number of rotatable bonds is 5. The number of likely N-dealkylation sites (tertiary alicyclic amines) is 1. The van der Waals surface area contributed by atoms with Gasteiger partial charge in [-0.05, 0) is 66.0 Å². The fourth-order valence-corrected chi connectivity index (χ4v) is 4.80. The number of anilines is 1. The number of carbonyl (C=O) groups excluding carboxylic acids is 1. The van der Waals surface area contributed by atoms with Crippen LogP contribution in [0.25, 0.3) is 10.9 Å². The number of nitrogens with one attached hydrogen (secondary N) is 1. The molecular weight excluding hydrogens is 468 g/mol. The van der Waals surface area contributed by atoms with E-state index in [0.29, 0.717) is 48.9 Å². The Bertz CT molecular complexity index is 1290. The van der Waals surface area contributed by atoms with Crippen molar-refractivity contribution in [3.63, 3.8) is 0 Å². The topological polar surface area (TPSA) is 96.8 Å². The lowest BCUT2D eigenvalue weighted by atomic mass is 9.83. The summed E-state index contributed by atoms with van der Waals surface area (Å²) in [6.45, 7) is 12.3. The molecule has 0 aliphatic carbocycles. The van der Waals surface area contributed by atoms with Gasteiger partial charge >= 0.3 is 6.09 Å². The van der Waals surface area contributed by atoms with Gasteiger partial charge in [-0.2, -0.15) is 0 Å². The van der Waals surface area contributed by atoms with Crippen LogP contribution in [0.3, 0.4) is 0 Å². The summed E-state index contributed by atoms with van der Waals surface area (Å²) in [6, 6.07) is 12.2. The van der Waals surface area contributed by atoms with E-state index in [1.165, 1.54) is 5.56 Å². The molecule has 0 unspecified atom stereocenters. The standard InChI is InChI=1S/C29H38N4O4/c1-18-9-8-10-21(15-18)19(2)30-26-22-16-23(25(36-7)17-24(22)31-20(3)32-26)29(35)11-13-33(14-12-29)27(34)37-28(4,5)6/h8-10,15-17,19,35H,11-14H2,1-7H3,(H,30,31,32)/t19-/m1/s1. The summed E-state index contributed by atoms with van der Waals surface area (Å²) in [6.07, 6.45) is 0.368. The van der Waals surface area contributed by atoms with Crippen LogP contribution in [0.1, 0.15) is 69.1 Å². The van der Waals surface area contributed by atoms with Crippen LogP contribution in [0.15, 0.2) is 36.4 Å². The average molecular weight is 507 g/mol. The summed E-state index contributed by atoms with van der Waals surface area (Å²) in [7, 11) is 1.59. The number of benzene rings is 2. The minimum Gasteiger partial charge on any atom is -0.496 e. The molecule has 0 spiro atoms.